The van der Waals surface area contributed by atoms with Gasteiger partial charge in [-0.25, -0.2) is 0 Å². The Morgan fingerprint density at radius 1 is 1.29 bits per heavy atom. The lowest BCUT2D eigenvalue weighted by atomic mass is 10.0. The first-order valence-corrected chi connectivity index (χ1v) is 9.28. The number of benzene rings is 1. The first kappa shape index (κ1) is 16.0. The number of carbonyl (C=O) groups is 1. The largest absolute Gasteiger partial charge is 0.480 e. The van der Waals surface area contributed by atoms with Crippen molar-refractivity contribution in [2.24, 2.45) is 0 Å². The third kappa shape index (κ3) is 3.10. The molecule has 0 spiro atoms. The van der Waals surface area contributed by atoms with E-state index in [1.54, 1.807) is 30.3 Å². The summed E-state index contributed by atoms with van der Waals surface area (Å²) < 4.78 is 12.8. The van der Waals surface area contributed by atoms with Crippen LogP contribution in [0, 0.1) is 0 Å². The van der Waals surface area contributed by atoms with Crippen LogP contribution >= 0.6 is 18.7 Å². The number of carboxylic acid groups (broad SMARTS) is 1. The minimum atomic E-state index is -3.93. The predicted molar refractivity (Wildman–Crippen MR) is 84.1 cm³/mol. The van der Waals surface area contributed by atoms with Crippen molar-refractivity contribution in [1.82, 2.24) is 0 Å². The van der Waals surface area contributed by atoms with Gasteiger partial charge in [-0.3, -0.25) is 9.36 Å². The summed E-state index contributed by atoms with van der Waals surface area (Å²) in [7, 11) is -3.93. The zero-order valence-corrected chi connectivity index (χ0v) is 13.3. The highest BCUT2D eigenvalue weighted by atomic mass is 32.1. The van der Waals surface area contributed by atoms with Crippen molar-refractivity contribution < 1.29 is 19.4 Å². The summed E-state index contributed by atoms with van der Waals surface area (Å²) in [6.45, 7) is 1.33. The molecule has 0 saturated carbocycles. The van der Waals surface area contributed by atoms with Crippen molar-refractivity contribution in [2.75, 3.05) is 6.16 Å². The van der Waals surface area contributed by atoms with Crippen LogP contribution in [0.1, 0.15) is 18.1 Å². The van der Waals surface area contributed by atoms with Crippen LogP contribution in [0.25, 0.3) is 0 Å². The monoisotopic (exact) mass is 324 g/mol. The number of aryl methyl sites for hydroxylation is 1. The van der Waals surface area contributed by atoms with Crippen molar-refractivity contribution in [3.05, 3.63) is 58.3 Å². The topological polar surface area (TPSA) is 74.6 Å². The Labute approximate surface area is 127 Å². The molecule has 0 saturated heterocycles. The summed E-state index contributed by atoms with van der Waals surface area (Å²) in [5, 5.41) is 11.6. The van der Waals surface area contributed by atoms with Crippen molar-refractivity contribution >= 4 is 24.7 Å². The minimum Gasteiger partial charge on any atom is -0.480 e. The molecule has 21 heavy (non-hydrogen) atoms. The second-order valence-electron chi connectivity index (χ2n) is 5.05. The highest BCUT2D eigenvalue weighted by molar-refractivity contribution is 7.60. The number of hydrogen-bond acceptors (Lipinski definition) is 3. The maximum atomic E-state index is 12.8. The van der Waals surface area contributed by atoms with Gasteiger partial charge in [-0.15, -0.1) is 0 Å². The van der Waals surface area contributed by atoms with Crippen LogP contribution in [0.5, 0.6) is 0 Å². The Morgan fingerprint density at radius 2 is 1.95 bits per heavy atom. The van der Waals surface area contributed by atoms with E-state index >= 15 is 0 Å². The summed E-state index contributed by atoms with van der Waals surface area (Å²) in [5.74, 6) is -1.27. The number of carboxylic acids is 1. The van der Waals surface area contributed by atoms with Crippen molar-refractivity contribution in [2.45, 2.75) is 18.5 Å². The van der Waals surface area contributed by atoms with Gasteiger partial charge >= 0.3 is 5.97 Å². The second kappa shape index (κ2) is 6.14. The van der Waals surface area contributed by atoms with Gasteiger partial charge in [0, 0.05) is 6.16 Å². The normalized spacial score (nSPS) is 16.9. The molecule has 4 nitrogen and oxygen atoms in total. The fraction of sp³-hybridized carbons (Fsp3) is 0.267. The highest BCUT2D eigenvalue weighted by Crippen LogP contribution is 2.60. The molecule has 2 rings (SSSR count). The van der Waals surface area contributed by atoms with Crippen molar-refractivity contribution in [1.29, 1.82) is 0 Å². The van der Waals surface area contributed by atoms with Crippen LogP contribution in [0.15, 0.2) is 47.2 Å². The van der Waals surface area contributed by atoms with E-state index in [0.29, 0.717) is 12.0 Å². The first-order chi connectivity index (χ1) is 9.88. The van der Waals surface area contributed by atoms with Gasteiger partial charge in [0.2, 0.25) is 7.37 Å². The van der Waals surface area contributed by atoms with E-state index in [-0.39, 0.29) is 6.16 Å². The molecule has 0 aliphatic rings. The minimum absolute atomic E-state index is 0.0541. The Morgan fingerprint density at radius 3 is 2.48 bits per heavy atom. The fourth-order valence-corrected chi connectivity index (χ4v) is 4.74. The Hall–Kier alpha value is -1.42. The van der Waals surface area contributed by atoms with E-state index in [9.17, 15) is 19.4 Å². The Balaban J connectivity index is 2.32. The fourth-order valence-electron chi connectivity index (χ4n) is 2.18. The molecule has 1 aromatic carbocycles. The molecule has 0 amide bonds. The van der Waals surface area contributed by atoms with Crippen LogP contribution < -0.4 is 0 Å². The lowest BCUT2D eigenvalue weighted by Gasteiger charge is -2.30. The van der Waals surface area contributed by atoms with E-state index in [1.807, 2.05) is 16.8 Å². The summed E-state index contributed by atoms with van der Waals surface area (Å²) in [6, 6.07) is 10.2. The predicted octanol–water partition coefficient (Wildman–Crippen LogP) is 3.56. The third-order valence-corrected chi connectivity index (χ3v) is 7.14. The summed E-state index contributed by atoms with van der Waals surface area (Å²) in [5.41, 5.74) is 1.31. The number of hydrogen-bond donors (Lipinski definition) is 2. The van der Waals surface area contributed by atoms with Gasteiger partial charge in [0.1, 0.15) is 0 Å². The van der Waals surface area contributed by atoms with Crippen LogP contribution in [-0.2, 0) is 20.9 Å². The van der Waals surface area contributed by atoms with E-state index in [4.69, 9.17) is 0 Å². The van der Waals surface area contributed by atoms with Crippen LogP contribution in [0.4, 0.5) is 0 Å². The van der Waals surface area contributed by atoms with Gasteiger partial charge in [0.15, 0.2) is 5.16 Å². The summed E-state index contributed by atoms with van der Waals surface area (Å²) in [6.07, 6.45) is 0.342. The summed E-state index contributed by atoms with van der Waals surface area (Å²) >= 11 is 1.51. The molecule has 6 heteroatoms. The molecule has 2 aromatic rings. The lowest BCUT2D eigenvalue weighted by molar-refractivity contribution is -0.140. The van der Waals surface area contributed by atoms with E-state index in [2.05, 4.69) is 0 Å². The van der Waals surface area contributed by atoms with E-state index in [1.165, 1.54) is 18.3 Å². The average molecular weight is 324 g/mol. The highest BCUT2D eigenvalue weighted by Gasteiger charge is 2.50. The zero-order chi connectivity index (χ0) is 15.5. The molecule has 0 bridgehead atoms. The van der Waals surface area contributed by atoms with E-state index < -0.39 is 18.5 Å². The molecule has 1 heterocycles. The quantitative estimate of drug-likeness (QED) is 0.797. The molecular weight excluding hydrogens is 307 g/mol. The molecule has 1 aromatic heterocycles. The third-order valence-electron chi connectivity index (χ3n) is 3.73. The van der Waals surface area contributed by atoms with Gasteiger partial charge in [0.05, 0.1) is 0 Å². The molecule has 112 valence electrons. The number of thiophene rings is 1. The van der Waals surface area contributed by atoms with Gasteiger partial charge < -0.3 is 10.00 Å². The Kier molecular flexibility index (Phi) is 4.67. The van der Waals surface area contributed by atoms with Crippen LogP contribution in [-0.4, -0.2) is 22.1 Å². The maximum absolute atomic E-state index is 12.8. The second-order valence-corrected chi connectivity index (χ2v) is 8.57. The SMILES string of the molecule is CC(C(=O)O)(c1ccccc1)P(=O)(O)CCc1ccsc1. The molecule has 2 N–H and O–H groups in total. The molecule has 0 fully saturated rings. The van der Waals surface area contributed by atoms with E-state index in [0.717, 1.165) is 5.56 Å². The molecule has 0 radical (unpaired) electrons. The lowest BCUT2D eigenvalue weighted by Crippen LogP contribution is -2.33. The van der Waals surface area contributed by atoms with Crippen molar-refractivity contribution in [3.8, 4) is 0 Å². The van der Waals surface area contributed by atoms with Gasteiger partial charge in [-0.05, 0) is 41.3 Å². The number of aliphatic carboxylic acids is 1. The first-order valence-electron chi connectivity index (χ1n) is 6.50. The smallest absolute Gasteiger partial charge is 0.323 e. The molecule has 2 unspecified atom stereocenters. The molecular formula is C15H17O4PS. The van der Waals surface area contributed by atoms with Gasteiger partial charge in [0.25, 0.3) is 0 Å². The average Bonchev–Trinajstić information content (AvgIpc) is 2.98. The Bertz CT molecular complexity index is 654. The van der Waals surface area contributed by atoms with Gasteiger partial charge in [-0.1, -0.05) is 30.3 Å². The maximum Gasteiger partial charge on any atom is 0.323 e. The van der Waals surface area contributed by atoms with Crippen LogP contribution in [0.3, 0.4) is 0 Å². The number of rotatable bonds is 6. The molecule has 0 aliphatic heterocycles. The van der Waals surface area contributed by atoms with Crippen LogP contribution in [0.2, 0.25) is 0 Å². The zero-order valence-electron chi connectivity index (χ0n) is 11.6. The van der Waals surface area contributed by atoms with Crippen molar-refractivity contribution in [3.63, 3.8) is 0 Å². The van der Waals surface area contributed by atoms with Gasteiger partial charge in [-0.2, -0.15) is 11.3 Å². The molecule has 0 aliphatic carbocycles. The molecule has 2 atom stereocenters. The standard InChI is InChI=1S/C15H17O4PS/c1-15(14(16)17,13-5-3-2-4-6-13)20(18,19)9-7-12-8-10-21-11-12/h2-6,8,10-11H,7,9H2,1H3,(H,16,17)(H,18,19). The summed E-state index contributed by atoms with van der Waals surface area (Å²) in [4.78, 5) is 22.1.